The van der Waals surface area contributed by atoms with Gasteiger partial charge in [-0.25, -0.2) is 8.42 Å². The molecule has 3 rings (SSSR count). The van der Waals surface area contributed by atoms with Crippen molar-refractivity contribution < 1.29 is 17.9 Å². The van der Waals surface area contributed by atoms with Crippen LogP contribution in [0, 0.1) is 6.92 Å². The Morgan fingerprint density at radius 1 is 1.14 bits per heavy atom. The summed E-state index contributed by atoms with van der Waals surface area (Å²) in [5.41, 5.74) is 1.06. The quantitative estimate of drug-likeness (QED) is 0.637. The summed E-state index contributed by atoms with van der Waals surface area (Å²) in [6.45, 7) is 4.02. The lowest BCUT2D eigenvalue weighted by Crippen LogP contribution is -2.35. The fourth-order valence-corrected chi connectivity index (χ4v) is 6.26. The van der Waals surface area contributed by atoms with E-state index in [0.29, 0.717) is 30.5 Å². The Morgan fingerprint density at radius 3 is 2.59 bits per heavy atom. The Morgan fingerprint density at radius 2 is 1.86 bits per heavy atom. The van der Waals surface area contributed by atoms with Gasteiger partial charge >= 0.3 is 0 Å². The van der Waals surface area contributed by atoms with Crippen molar-refractivity contribution in [2.75, 3.05) is 33.3 Å². The number of nitrogens with zero attached hydrogens (tertiary/aromatic N) is 2. The second-order valence-electron chi connectivity index (χ2n) is 7.29. The number of sulfonamides is 1. The van der Waals surface area contributed by atoms with Gasteiger partial charge in [-0.3, -0.25) is 4.79 Å². The number of para-hydroxylation sites is 1. The van der Waals surface area contributed by atoms with E-state index in [9.17, 15) is 13.2 Å². The summed E-state index contributed by atoms with van der Waals surface area (Å²) in [4.78, 5) is 14.9. The summed E-state index contributed by atoms with van der Waals surface area (Å²) < 4.78 is 33.1. The summed E-state index contributed by atoms with van der Waals surface area (Å²) in [6, 6.07) is 11.1. The second-order valence-corrected chi connectivity index (χ2v) is 10.6. The van der Waals surface area contributed by atoms with Crippen LogP contribution in [0.2, 0.25) is 0 Å². The van der Waals surface area contributed by atoms with Crippen LogP contribution in [0.3, 0.4) is 0 Å². The Kier molecular flexibility index (Phi) is 7.32. The largest absolute Gasteiger partial charge is 0.491 e. The molecule has 0 aliphatic carbocycles. The van der Waals surface area contributed by atoms with E-state index in [1.165, 1.54) is 11.3 Å². The van der Waals surface area contributed by atoms with Crippen molar-refractivity contribution in [2.45, 2.75) is 36.8 Å². The molecule has 1 aromatic heterocycles. The standard InChI is InChI=1S/C21H28N2O4S2/c1-17-8-4-5-9-19(17)27-15-14-22(2)20(24)16-18-10-11-21(28-18)29(25,26)23-12-6-3-7-13-23/h4-5,8-11H,3,6-7,12-16H2,1-2H3. The molecule has 29 heavy (non-hydrogen) atoms. The van der Waals surface area contributed by atoms with Crippen molar-refractivity contribution in [1.29, 1.82) is 0 Å². The van der Waals surface area contributed by atoms with Gasteiger partial charge in [-0.2, -0.15) is 4.31 Å². The van der Waals surface area contributed by atoms with Gasteiger partial charge in [0.2, 0.25) is 5.91 Å². The van der Waals surface area contributed by atoms with Crippen LogP contribution in [0.1, 0.15) is 29.7 Å². The molecular formula is C21H28N2O4S2. The number of hydrogen-bond donors (Lipinski definition) is 0. The van der Waals surface area contributed by atoms with Crippen LogP contribution in [0.5, 0.6) is 5.75 Å². The lowest BCUT2D eigenvalue weighted by Gasteiger charge is -2.25. The van der Waals surface area contributed by atoms with Gasteiger partial charge in [0.05, 0.1) is 13.0 Å². The minimum absolute atomic E-state index is 0.0536. The van der Waals surface area contributed by atoms with E-state index in [4.69, 9.17) is 4.74 Å². The Hall–Kier alpha value is -1.90. The van der Waals surface area contributed by atoms with Crippen LogP contribution in [-0.2, 0) is 21.2 Å². The first-order valence-corrected chi connectivity index (χ1v) is 12.1. The highest BCUT2D eigenvalue weighted by Crippen LogP contribution is 2.27. The topological polar surface area (TPSA) is 66.9 Å². The van der Waals surface area contributed by atoms with Crippen LogP contribution in [0.15, 0.2) is 40.6 Å². The predicted molar refractivity (Wildman–Crippen MR) is 115 cm³/mol. The average Bonchev–Trinajstić information content (AvgIpc) is 3.19. The number of thiophene rings is 1. The number of aryl methyl sites for hydroxylation is 1. The van der Waals surface area contributed by atoms with Crippen molar-refractivity contribution in [3.05, 3.63) is 46.8 Å². The molecule has 1 aliphatic rings. The number of hydrogen-bond acceptors (Lipinski definition) is 5. The monoisotopic (exact) mass is 436 g/mol. The third kappa shape index (κ3) is 5.58. The molecule has 0 N–H and O–H groups in total. The normalized spacial score (nSPS) is 15.2. The van der Waals surface area contributed by atoms with E-state index in [0.717, 1.165) is 35.5 Å². The molecule has 2 heterocycles. The highest BCUT2D eigenvalue weighted by atomic mass is 32.2. The summed E-state index contributed by atoms with van der Waals surface area (Å²) in [7, 11) is -1.70. The molecule has 0 unspecified atom stereocenters. The van der Waals surface area contributed by atoms with Gasteiger partial charge in [-0.1, -0.05) is 24.6 Å². The first-order valence-electron chi connectivity index (χ1n) is 9.89. The van der Waals surface area contributed by atoms with Gasteiger partial charge in [0.15, 0.2) is 0 Å². The first-order chi connectivity index (χ1) is 13.9. The van der Waals surface area contributed by atoms with Crippen LogP contribution in [0.4, 0.5) is 0 Å². The molecule has 1 aromatic carbocycles. The van der Waals surface area contributed by atoms with E-state index in [1.807, 2.05) is 31.2 Å². The number of likely N-dealkylation sites (N-methyl/N-ethyl adjacent to an activating group) is 1. The average molecular weight is 437 g/mol. The summed E-state index contributed by atoms with van der Waals surface area (Å²) in [5, 5.41) is 0. The van der Waals surface area contributed by atoms with Gasteiger partial charge in [0.25, 0.3) is 10.0 Å². The summed E-state index contributed by atoms with van der Waals surface area (Å²) in [5.74, 6) is 0.765. The number of piperidine rings is 1. The first kappa shape index (κ1) is 21.8. The molecule has 1 fully saturated rings. The maximum absolute atomic E-state index is 12.7. The second kappa shape index (κ2) is 9.73. The molecule has 8 heteroatoms. The number of carbonyl (C=O) groups excluding carboxylic acids is 1. The Bertz CT molecular complexity index is 934. The Balaban J connectivity index is 1.52. The van der Waals surface area contributed by atoms with E-state index in [2.05, 4.69) is 0 Å². The maximum Gasteiger partial charge on any atom is 0.252 e. The SMILES string of the molecule is Cc1ccccc1OCCN(C)C(=O)Cc1ccc(S(=O)(=O)N2CCCCC2)s1. The number of rotatable bonds is 8. The zero-order valence-corrected chi connectivity index (χ0v) is 18.6. The summed E-state index contributed by atoms with van der Waals surface area (Å²) >= 11 is 1.19. The molecular weight excluding hydrogens is 408 g/mol. The van der Waals surface area contributed by atoms with Gasteiger partial charge < -0.3 is 9.64 Å². The van der Waals surface area contributed by atoms with Crippen molar-refractivity contribution in [3.63, 3.8) is 0 Å². The molecule has 6 nitrogen and oxygen atoms in total. The zero-order chi connectivity index (χ0) is 20.9. The highest BCUT2D eigenvalue weighted by Gasteiger charge is 2.27. The molecule has 1 saturated heterocycles. The number of benzene rings is 1. The fourth-order valence-electron chi connectivity index (χ4n) is 3.24. The molecule has 158 valence electrons. The van der Waals surface area contributed by atoms with Gasteiger partial charge in [0.1, 0.15) is 16.6 Å². The van der Waals surface area contributed by atoms with Crippen molar-refractivity contribution >= 4 is 27.3 Å². The van der Waals surface area contributed by atoms with Gasteiger partial charge in [-0.15, -0.1) is 11.3 Å². The molecule has 0 atom stereocenters. The third-order valence-corrected chi connectivity index (χ3v) is 8.53. The van der Waals surface area contributed by atoms with Crippen LogP contribution in [0.25, 0.3) is 0 Å². The van der Waals surface area contributed by atoms with E-state index >= 15 is 0 Å². The van der Waals surface area contributed by atoms with E-state index in [1.54, 1.807) is 28.4 Å². The minimum atomic E-state index is -3.44. The molecule has 1 amide bonds. The Labute approximate surface area is 177 Å². The fraction of sp³-hybridized carbons (Fsp3) is 0.476. The molecule has 1 aliphatic heterocycles. The lowest BCUT2D eigenvalue weighted by atomic mass is 10.2. The number of ether oxygens (including phenoxy) is 1. The summed E-state index contributed by atoms with van der Waals surface area (Å²) in [6.07, 6.45) is 3.09. The highest BCUT2D eigenvalue weighted by molar-refractivity contribution is 7.91. The van der Waals surface area contributed by atoms with Gasteiger partial charge in [0, 0.05) is 25.0 Å². The number of carbonyl (C=O) groups is 1. The van der Waals surface area contributed by atoms with E-state index < -0.39 is 10.0 Å². The molecule has 0 bridgehead atoms. The smallest absolute Gasteiger partial charge is 0.252 e. The minimum Gasteiger partial charge on any atom is -0.491 e. The third-order valence-electron chi connectivity index (χ3n) is 5.08. The van der Waals surface area contributed by atoms with Crippen LogP contribution < -0.4 is 4.74 Å². The number of amides is 1. The van der Waals surface area contributed by atoms with Crippen molar-refractivity contribution in [3.8, 4) is 5.75 Å². The zero-order valence-electron chi connectivity index (χ0n) is 17.0. The maximum atomic E-state index is 12.7. The molecule has 0 radical (unpaired) electrons. The molecule has 0 saturated carbocycles. The van der Waals surface area contributed by atoms with Crippen LogP contribution in [-0.4, -0.2) is 56.8 Å². The van der Waals surface area contributed by atoms with Crippen LogP contribution >= 0.6 is 11.3 Å². The molecule has 2 aromatic rings. The van der Waals surface area contributed by atoms with Crippen molar-refractivity contribution in [1.82, 2.24) is 9.21 Å². The predicted octanol–water partition coefficient (Wildman–Crippen LogP) is 3.31. The van der Waals surface area contributed by atoms with E-state index in [-0.39, 0.29) is 12.3 Å². The molecule has 0 spiro atoms. The lowest BCUT2D eigenvalue weighted by molar-refractivity contribution is -0.129. The van der Waals surface area contributed by atoms with Crippen molar-refractivity contribution in [2.24, 2.45) is 0 Å². The van der Waals surface area contributed by atoms with Gasteiger partial charge in [-0.05, 0) is 43.5 Å².